The molecule has 3 nitrogen and oxygen atoms in total. The molecule has 0 saturated heterocycles. The molecule has 4 aromatic rings. The molecule has 3 aromatic carbocycles. The van der Waals surface area contributed by atoms with Crippen LogP contribution in [-0.2, 0) is 24.4 Å². The summed E-state index contributed by atoms with van der Waals surface area (Å²) in [6.45, 7) is 3.78. The normalized spacial score (nSPS) is 12.2. The van der Waals surface area contributed by atoms with Crippen molar-refractivity contribution in [2.24, 2.45) is 0 Å². The van der Waals surface area contributed by atoms with Gasteiger partial charge in [-0.2, -0.15) is 0 Å². The highest BCUT2D eigenvalue weighted by atomic mass is 35.5. The number of halogens is 4. The van der Waals surface area contributed by atoms with Gasteiger partial charge in [-0.3, -0.25) is 0 Å². The minimum Gasteiger partial charge on any atom is -0.365 e. The molecule has 0 radical (unpaired) electrons. The van der Waals surface area contributed by atoms with Gasteiger partial charge in [-0.25, -0.2) is 9.13 Å². The molecule has 1 unspecified atom stereocenters. The fourth-order valence-electron chi connectivity index (χ4n) is 3.57. The lowest BCUT2D eigenvalue weighted by molar-refractivity contribution is -0.687. The van der Waals surface area contributed by atoms with Gasteiger partial charge in [-0.15, -0.1) is 0 Å². The fraction of sp³-hybridized carbons (Fsp3) is 0.192. The van der Waals surface area contributed by atoms with E-state index in [4.69, 9.17) is 51.1 Å². The highest BCUT2D eigenvalue weighted by molar-refractivity contribution is 6.35. The van der Waals surface area contributed by atoms with E-state index in [2.05, 4.69) is 52.8 Å². The maximum atomic E-state index is 6.53. The zero-order valence-corrected chi connectivity index (χ0v) is 21.0. The summed E-state index contributed by atoms with van der Waals surface area (Å²) in [5.41, 5.74) is 4.22. The number of nitrogens with zero attached hydrogens (tertiary/aromatic N) is 2. The van der Waals surface area contributed by atoms with Crippen molar-refractivity contribution < 1.29 is 9.30 Å². The zero-order valence-electron chi connectivity index (χ0n) is 18.0. The number of hydrogen-bond donors (Lipinski definition) is 0. The van der Waals surface area contributed by atoms with Crippen LogP contribution in [0.2, 0.25) is 20.1 Å². The van der Waals surface area contributed by atoms with Gasteiger partial charge in [0.05, 0.1) is 6.61 Å². The maximum Gasteiger partial charge on any atom is 0.244 e. The highest BCUT2D eigenvalue weighted by Gasteiger charge is 2.20. The molecule has 4 rings (SSSR count). The van der Waals surface area contributed by atoms with Crippen molar-refractivity contribution >= 4 is 46.4 Å². The third kappa shape index (κ3) is 6.53. The predicted molar refractivity (Wildman–Crippen MR) is 135 cm³/mol. The third-order valence-electron chi connectivity index (χ3n) is 5.37. The minimum absolute atomic E-state index is 0.304. The Morgan fingerprint density at radius 3 is 2.27 bits per heavy atom. The molecule has 0 aliphatic heterocycles. The van der Waals surface area contributed by atoms with E-state index in [0.29, 0.717) is 33.2 Å². The van der Waals surface area contributed by atoms with E-state index >= 15 is 0 Å². The first kappa shape index (κ1) is 24.1. The molecule has 0 aliphatic rings. The van der Waals surface area contributed by atoms with E-state index in [1.54, 1.807) is 18.2 Å². The quantitative estimate of drug-likeness (QED) is 0.217. The Bertz CT molecular complexity index is 1240. The van der Waals surface area contributed by atoms with E-state index in [-0.39, 0.29) is 6.10 Å². The van der Waals surface area contributed by atoms with Crippen molar-refractivity contribution in [1.82, 2.24) is 4.57 Å². The number of ether oxygens (including phenoxy) is 1. The molecular weight excluding hydrogens is 498 g/mol. The minimum atomic E-state index is -0.304. The van der Waals surface area contributed by atoms with E-state index in [9.17, 15) is 0 Å². The van der Waals surface area contributed by atoms with Crippen molar-refractivity contribution in [3.8, 4) is 0 Å². The topological polar surface area (TPSA) is 18.0 Å². The number of rotatable bonds is 8. The Labute approximate surface area is 214 Å². The average molecular weight is 521 g/mol. The van der Waals surface area contributed by atoms with Gasteiger partial charge >= 0.3 is 0 Å². The summed E-state index contributed by atoms with van der Waals surface area (Å²) < 4.78 is 10.5. The molecule has 1 aromatic heterocycles. The van der Waals surface area contributed by atoms with Crippen LogP contribution in [0.3, 0.4) is 0 Å². The predicted octanol–water partition coefficient (Wildman–Crippen LogP) is 7.70. The summed E-state index contributed by atoms with van der Waals surface area (Å²) >= 11 is 25.0. The van der Waals surface area contributed by atoms with Gasteiger partial charge in [0.2, 0.25) is 6.33 Å². The standard InChI is InChI=1S/C26H23Cl4N2O/c1-18-2-4-19(5-3-18)14-31-10-11-32(17-31)15-26(23-9-8-22(28)13-25(23)30)33-16-20-6-7-21(27)12-24(20)29/h2-13,17,26H,14-16H2,1H3/q+1. The van der Waals surface area contributed by atoms with E-state index in [1.165, 1.54) is 11.1 Å². The maximum absolute atomic E-state index is 6.53. The van der Waals surface area contributed by atoms with Crippen LogP contribution < -0.4 is 4.57 Å². The van der Waals surface area contributed by atoms with Crippen LogP contribution in [0.15, 0.2) is 79.4 Å². The van der Waals surface area contributed by atoms with Gasteiger partial charge in [0, 0.05) is 25.7 Å². The van der Waals surface area contributed by atoms with Crippen molar-refractivity contribution in [2.45, 2.75) is 32.7 Å². The van der Waals surface area contributed by atoms with Gasteiger partial charge in [0.1, 0.15) is 31.6 Å². The lowest BCUT2D eigenvalue weighted by Crippen LogP contribution is -2.31. The van der Waals surface area contributed by atoms with E-state index in [0.717, 1.165) is 17.7 Å². The lowest BCUT2D eigenvalue weighted by atomic mass is 10.1. The van der Waals surface area contributed by atoms with Gasteiger partial charge in [-0.1, -0.05) is 88.4 Å². The molecule has 170 valence electrons. The highest BCUT2D eigenvalue weighted by Crippen LogP contribution is 2.31. The molecule has 33 heavy (non-hydrogen) atoms. The van der Waals surface area contributed by atoms with Crippen LogP contribution in [0.4, 0.5) is 0 Å². The monoisotopic (exact) mass is 519 g/mol. The molecule has 7 heteroatoms. The summed E-state index contributed by atoms with van der Waals surface area (Å²) in [6.07, 6.45) is 5.84. The SMILES string of the molecule is Cc1ccc(C[n+]2ccn(CC(OCc3ccc(Cl)cc3Cl)c3ccc(Cl)cc3Cl)c2)cc1. The van der Waals surface area contributed by atoms with Gasteiger partial charge in [0.25, 0.3) is 0 Å². The number of hydrogen-bond acceptors (Lipinski definition) is 1. The van der Waals surface area contributed by atoms with Crippen molar-refractivity contribution in [2.75, 3.05) is 0 Å². The molecule has 1 atom stereocenters. The first-order valence-electron chi connectivity index (χ1n) is 10.5. The first-order valence-corrected chi connectivity index (χ1v) is 12.0. The summed E-state index contributed by atoms with van der Waals surface area (Å²) in [7, 11) is 0. The van der Waals surface area contributed by atoms with Crippen molar-refractivity contribution in [3.63, 3.8) is 0 Å². The van der Waals surface area contributed by atoms with Crippen LogP contribution in [-0.4, -0.2) is 4.57 Å². The first-order chi connectivity index (χ1) is 15.9. The molecule has 0 saturated carbocycles. The molecule has 1 heterocycles. The van der Waals surface area contributed by atoms with E-state index in [1.807, 2.05) is 24.4 Å². The van der Waals surface area contributed by atoms with Gasteiger partial charge in [0.15, 0.2) is 0 Å². The molecular formula is C26H23Cl4N2O+. The van der Waals surface area contributed by atoms with Crippen LogP contribution in [0, 0.1) is 6.92 Å². The lowest BCUT2D eigenvalue weighted by Gasteiger charge is -2.19. The van der Waals surface area contributed by atoms with Crippen molar-refractivity contribution in [3.05, 3.63) is 122 Å². The summed E-state index contributed by atoms with van der Waals surface area (Å²) in [4.78, 5) is 0. The Balaban J connectivity index is 1.53. The van der Waals surface area contributed by atoms with Crippen LogP contribution >= 0.6 is 46.4 Å². The molecule has 0 fully saturated rings. The fourth-order valence-corrected chi connectivity index (χ4v) is 4.56. The number of benzene rings is 3. The molecule has 0 amide bonds. The Morgan fingerprint density at radius 2 is 1.58 bits per heavy atom. The molecule has 0 aliphatic carbocycles. The van der Waals surface area contributed by atoms with Gasteiger partial charge in [-0.05, 0) is 42.3 Å². The van der Waals surface area contributed by atoms with Gasteiger partial charge < -0.3 is 4.74 Å². The molecule has 0 N–H and O–H groups in total. The summed E-state index contributed by atoms with van der Waals surface area (Å²) in [6, 6.07) is 19.4. The summed E-state index contributed by atoms with van der Waals surface area (Å²) in [5.74, 6) is 0. The average Bonchev–Trinajstić information content (AvgIpc) is 3.21. The second-order valence-electron chi connectivity index (χ2n) is 7.97. The van der Waals surface area contributed by atoms with Crippen LogP contribution in [0.25, 0.3) is 0 Å². The molecule has 0 bridgehead atoms. The second kappa shape index (κ2) is 10.9. The zero-order chi connectivity index (χ0) is 23.4. The number of aryl methyl sites for hydroxylation is 1. The van der Waals surface area contributed by atoms with E-state index < -0.39 is 0 Å². The van der Waals surface area contributed by atoms with Crippen LogP contribution in [0.5, 0.6) is 0 Å². The Kier molecular flexibility index (Phi) is 8.00. The Morgan fingerprint density at radius 1 is 0.879 bits per heavy atom. The summed E-state index contributed by atoms with van der Waals surface area (Å²) in [5, 5.41) is 2.31. The smallest absolute Gasteiger partial charge is 0.244 e. The molecule has 0 spiro atoms. The van der Waals surface area contributed by atoms with Crippen molar-refractivity contribution in [1.29, 1.82) is 0 Å². The second-order valence-corrected chi connectivity index (χ2v) is 9.66. The largest absolute Gasteiger partial charge is 0.365 e. The van der Waals surface area contributed by atoms with Crippen LogP contribution in [0.1, 0.15) is 28.4 Å². The Hall–Kier alpha value is -2.01. The number of imidazole rings is 1. The number of aromatic nitrogens is 2. The third-order valence-corrected chi connectivity index (χ3v) is 6.52.